The SMILES string of the molecule is Fc1ccc(-c2cn[nH]c2)c2c1CN(CCc1cn3ccccc3n1)C2. The van der Waals surface area contributed by atoms with Gasteiger partial charge in [0.05, 0.1) is 11.9 Å². The second-order valence-electron chi connectivity index (χ2n) is 6.70. The summed E-state index contributed by atoms with van der Waals surface area (Å²) >= 11 is 0. The lowest BCUT2D eigenvalue weighted by Gasteiger charge is -2.13. The van der Waals surface area contributed by atoms with Gasteiger partial charge in [-0.1, -0.05) is 12.1 Å². The first kappa shape index (κ1) is 15.3. The smallest absolute Gasteiger partial charge is 0.136 e. The van der Waals surface area contributed by atoms with Crippen LogP contribution in [0.25, 0.3) is 16.8 Å². The number of H-pyrrole nitrogens is 1. The first-order valence-electron chi connectivity index (χ1n) is 8.72. The first-order valence-corrected chi connectivity index (χ1v) is 8.72. The molecule has 0 saturated carbocycles. The van der Waals surface area contributed by atoms with E-state index < -0.39 is 0 Å². The van der Waals surface area contributed by atoms with E-state index in [0.717, 1.165) is 53.1 Å². The zero-order chi connectivity index (χ0) is 17.5. The predicted molar refractivity (Wildman–Crippen MR) is 97.0 cm³/mol. The Morgan fingerprint density at radius 2 is 2.04 bits per heavy atom. The molecule has 0 unspecified atom stereocenters. The molecule has 0 spiro atoms. The zero-order valence-corrected chi connectivity index (χ0v) is 14.2. The van der Waals surface area contributed by atoms with Crippen LogP contribution in [-0.4, -0.2) is 31.0 Å². The van der Waals surface area contributed by atoms with Crippen LogP contribution >= 0.6 is 0 Å². The third kappa shape index (κ3) is 2.59. The van der Waals surface area contributed by atoms with Gasteiger partial charge in [-0.2, -0.15) is 5.10 Å². The van der Waals surface area contributed by atoms with Crippen molar-refractivity contribution in [2.75, 3.05) is 6.54 Å². The van der Waals surface area contributed by atoms with Crippen molar-refractivity contribution in [3.05, 3.63) is 77.8 Å². The molecule has 0 saturated heterocycles. The van der Waals surface area contributed by atoms with Gasteiger partial charge in [0.15, 0.2) is 0 Å². The molecule has 0 aliphatic carbocycles. The van der Waals surface area contributed by atoms with Gasteiger partial charge in [-0.3, -0.25) is 10.00 Å². The van der Waals surface area contributed by atoms with E-state index in [1.807, 2.05) is 41.1 Å². The van der Waals surface area contributed by atoms with Crippen LogP contribution in [0.5, 0.6) is 0 Å². The Hall–Kier alpha value is -2.99. The Morgan fingerprint density at radius 3 is 2.88 bits per heavy atom. The van der Waals surface area contributed by atoms with Crippen LogP contribution in [0.3, 0.4) is 0 Å². The Morgan fingerprint density at radius 1 is 1.12 bits per heavy atom. The van der Waals surface area contributed by atoms with Gasteiger partial charge in [0, 0.05) is 55.8 Å². The van der Waals surface area contributed by atoms with Crippen LogP contribution in [0.2, 0.25) is 0 Å². The molecule has 1 aromatic carbocycles. The van der Waals surface area contributed by atoms with Crippen LogP contribution in [0.15, 0.2) is 55.1 Å². The molecule has 0 amide bonds. The standard InChI is InChI=1S/C20H18FN5/c21-19-5-4-16(14-9-22-23-10-14)17-12-25(13-18(17)19)8-6-15-11-26-7-2-1-3-20(26)24-15/h1-5,7,9-11H,6,8,12-13H2,(H,22,23). The van der Waals surface area contributed by atoms with Crippen molar-refractivity contribution in [2.24, 2.45) is 0 Å². The zero-order valence-electron chi connectivity index (χ0n) is 14.2. The Balaban J connectivity index is 1.35. The lowest BCUT2D eigenvalue weighted by atomic mass is 9.99. The molecule has 5 nitrogen and oxygen atoms in total. The van der Waals surface area contributed by atoms with Crippen LogP contribution < -0.4 is 0 Å². The van der Waals surface area contributed by atoms with Gasteiger partial charge in [-0.25, -0.2) is 9.37 Å². The number of nitrogens with zero attached hydrogens (tertiary/aromatic N) is 4. The fourth-order valence-electron chi connectivity index (χ4n) is 3.73. The highest BCUT2D eigenvalue weighted by atomic mass is 19.1. The van der Waals surface area contributed by atoms with E-state index >= 15 is 0 Å². The van der Waals surface area contributed by atoms with E-state index in [9.17, 15) is 4.39 Å². The topological polar surface area (TPSA) is 49.2 Å². The molecule has 1 aliphatic heterocycles. The van der Waals surface area contributed by atoms with Gasteiger partial charge in [-0.05, 0) is 29.3 Å². The number of imidazole rings is 1. The molecule has 0 fully saturated rings. The van der Waals surface area contributed by atoms with Gasteiger partial charge < -0.3 is 4.40 Å². The molecule has 4 aromatic rings. The molecule has 0 atom stereocenters. The van der Waals surface area contributed by atoms with Crippen molar-refractivity contribution in [1.82, 2.24) is 24.5 Å². The summed E-state index contributed by atoms with van der Waals surface area (Å²) in [6, 6.07) is 9.40. The molecule has 6 heteroatoms. The van der Waals surface area contributed by atoms with Crippen molar-refractivity contribution in [3.8, 4) is 11.1 Å². The summed E-state index contributed by atoms with van der Waals surface area (Å²) in [5, 5.41) is 6.86. The Labute approximate surface area is 150 Å². The molecular weight excluding hydrogens is 329 g/mol. The fraction of sp³-hybridized carbons (Fsp3) is 0.200. The van der Waals surface area contributed by atoms with Crippen LogP contribution in [0, 0.1) is 5.82 Å². The number of hydrogen-bond acceptors (Lipinski definition) is 3. The van der Waals surface area contributed by atoms with E-state index in [1.165, 1.54) is 0 Å². The summed E-state index contributed by atoms with van der Waals surface area (Å²) in [4.78, 5) is 6.93. The maximum atomic E-state index is 14.3. The molecule has 0 bridgehead atoms. The van der Waals surface area contributed by atoms with Crippen LogP contribution in [0.4, 0.5) is 4.39 Å². The van der Waals surface area contributed by atoms with Crippen molar-refractivity contribution in [3.63, 3.8) is 0 Å². The molecule has 4 heterocycles. The number of nitrogens with one attached hydrogen (secondary N) is 1. The largest absolute Gasteiger partial charge is 0.307 e. The van der Waals surface area contributed by atoms with Gasteiger partial charge in [-0.15, -0.1) is 0 Å². The predicted octanol–water partition coefficient (Wildman–Crippen LogP) is 3.42. The number of pyridine rings is 1. The van der Waals surface area contributed by atoms with Crippen molar-refractivity contribution in [1.29, 1.82) is 0 Å². The summed E-state index contributed by atoms with van der Waals surface area (Å²) in [6.07, 6.45) is 8.55. The van der Waals surface area contributed by atoms with Crippen molar-refractivity contribution < 1.29 is 4.39 Å². The monoisotopic (exact) mass is 347 g/mol. The number of halogens is 1. The average molecular weight is 347 g/mol. The van der Waals surface area contributed by atoms with E-state index in [0.29, 0.717) is 6.54 Å². The van der Waals surface area contributed by atoms with Crippen molar-refractivity contribution >= 4 is 5.65 Å². The molecule has 1 aliphatic rings. The first-order chi connectivity index (χ1) is 12.8. The normalized spacial score (nSPS) is 14.2. The molecule has 3 aromatic heterocycles. The fourth-order valence-corrected chi connectivity index (χ4v) is 3.73. The van der Waals surface area contributed by atoms with Crippen LogP contribution in [0.1, 0.15) is 16.8 Å². The van der Waals surface area contributed by atoms with E-state index in [1.54, 1.807) is 12.3 Å². The number of aromatic amines is 1. The summed E-state index contributed by atoms with van der Waals surface area (Å²) in [7, 11) is 0. The van der Waals surface area contributed by atoms with Gasteiger partial charge >= 0.3 is 0 Å². The highest BCUT2D eigenvalue weighted by molar-refractivity contribution is 5.68. The minimum absolute atomic E-state index is 0.123. The van der Waals surface area contributed by atoms with Gasteiger partial charge in [0.1, 0.15) is 11.5 Å². The second kappa shape index (κ2) is 6.07. The Bertz CT molecular complexity index is 1030. The second-order valence-corrected chi connectivity index (χ2v) is 6.70. The molecular formula is C20H18FN5. The quantitative estimate of drug-likeness (QED) is 0.615. The number of aromatic nitrogens is 4. The average Bonchev–Trinajstić information content (AvgIpc) is 3.39. The summed E-state index contributed by atoms with van der Waals surface area (Å²) < 4.78 is 16.4. The third-order valence-corrected chi connectivity index (χ3v) is 5.04. The number of fused-ring (bicyclic) bond motifs is 2. The maximum Gasteiger partial charge on any atom is 0.136 e. The lowest BCUT2D eigenvalue weighted by Crippen LogP contribution is -2.19. The summed E-state index contributed by atoms with van der Waals surface area (Å²) in [6.45, 7) is 2.24. The third-order valence-electron chi connectivity index (χ3n) is 5.04. The van der Waals surface area contributed by atoms with Gasteiger partial charge in [0.25, 0.3) is 0 Å². The van der Waals surface area contributed by atoms with E-state index in [-0.39, 0.29) is 5.82 Å². The molecule has 1 N–H and O–H groups in total. The lowest BCUT2D eigenvalue weighted by molar-refractivity contribution is 0.285. The highest BCUT2D eigenvalue weighted by Crippen LogP contribution is 2.34. The van der Waals surface area contributed by atoms with E-state index in [4.69, 9.17) is 0 Å². The Kier molecular flexibility index (Phi) is 3.57. The van der Waals surface area contributed by atoms with Crippen molar-refractivity contribution in [2.45, 2.75) is 19.5 Å². The number of benzene rings is 1. The maximum absolute atomic E-state index is 14.3. The molecule has 130 valence electrons. The highest BCUT2D eigenvalue weighted by Gasteiger charge is 2.25. The van der Waals surface area contributed by atoms with Gasteiger partial charge in [0.2, 0.25) is 0 Å². The molecule has 5 rings (SSSR count). The molecule has 0 radical (unpaired) electrons. The summed E-state index contributed by atoms with van der Waals surface area (Å²) in [5.74, 6) is -0.123. The van der Waals surface area contributed by atoms with Crippen LogP contribution in [-0.2, 0) is 19.5 Å². The summed E-state index contributed by atoms with van der Waals surface area (Å²) in [5.41, 5.74) is 5.96. The van der Waals surface area contributed by atoms with E-state index in [2.05, 4.69) is 26.3 Å². The minimum Gasteiger partial charge on any atom is -0.307 e. The minimum atomic E-state index is -0.123. The number of rotatable bonds is 4. The number of hydrogen-bond donors (Lipinski definition) is 1. The molecule has 26 heavy (non-hydrogen) atoms.